The molecule has 3 heterocycles. The summed E-state index contributed by atoms with van der Waals surface area (Å²) < 4.78 is 20.3. The van der Waals surface area contributed by atoms with Gasteiger partial charge in [-0.05, 0) is 20.3 Å². The number of anilines is 1. The van der Waals surface area contributed by atoms with Crippen LogP contribution in [0.25, 0.3) is 0 Å². The number of hydrogen-bond acceptors (Lipinski definition) is 5. The number of halogens is 1. The lowest BCUT2D eigenvalue weighted by Gasteiger charge is -2.37. The molecule has 0 amide bonds. The summed E-state index contributed by atoms with van der Waals surface area (Å²) in [5.41, 5.74) is 3.37. The van der Waals surface area contributed by atoms with Crippen LogP contribution in [0.2, 0.25) is 0 Å². The first-order valence-electron chi connectivity index (χ1n) is 7.48. The van der Waals surface area contributed by atoms with Gasteiger partial charge in [0, 0.05) is 17.8 Å². The molecule has 118 valence electrons. The third-order valence-corrected chi connectivity index (χ3v) is 4.10. The highest BCUT2D eigenvalue weighted by molar-refractivity contribution is 5.46. The lowest BCUT2D eigenvalue weighted by Crippen LogP contribution is -2.41. The summed E-state index contributed by atoms with van der Waals surface area (Å²) in [5.74, 6) is 0.0100. The number of nitrogens with one attached hydrogen (secondary N) is 1. The van der Waals surface area contributed by atoms with Crippen molar-refractivity contribution in [2.75, 3.05) is 24.7 Å². The number of nitrogens with zero attached hydrogens (tertiary/aromatic N) is 4. The van der Waals surface area contributed by atoms with Gasteiger partial charge in [-0.2, -0.15) is 5.10 Å². The summed E-state index contributed by atoms with van der Waals surface area (Å²) in [6, 6.07) is -0.0957. The van der Waals surface area contributed by atoms with Crippen LogP contribution in [0.3, 0.4) is 0 Å². The van der Waals surface area contributed by atoms with Gasteiger partial charge < -0.3 is 9.64 Å². The molecule has 1 N–H and O–H groups in total. The number of ether oxygens (including phenoxy) is 1. The molecule has 0 saturated carbocycles. The van der Waals surface area contributed by atoms with E-state index in [2.05, 4.69) is 20.2 Å². The van der Waals surface area contributed by atoms with E-state index in [9.17, 15) is 4.39 Å². The van der Waals surface area contributed by atoms with E-state index >= 15 is 0 Å². The average molecular weight is 305 g/mol. The number of morpholine rings is 1. The SMILES string of the molecule is CCc1ncnc(N2CCOCC2c2c(C)n[nH]c2C)c1F. The molecule has 0 bridgehead atoms. The normalized spacial score (nSPS) is 18.7. The standard InChI is InChI=1S/C15H20FN5O/c1-4-11-14(16)15(18-8-17-11)21-5-6-22-7-12(21)13-9(2)19-20-10(13)3/h8,12H,4-7H2,1-3H3,(H,19,20). The molecule has 2 aromatic rings. The molecule has 22 heavy (non-hydrogen) atoms. The highest BCUT2D eigenvalue weighted by Crippen LogP contribution is 2.33. The third-order valence-electron chi connectivity index (χ3n) is 4.10. The van der Waals surface area contributed by atoms with E-state index in [-0.39, 0.29) is 11.9 Å². The fraction of sp³-hybridized carbons (Fsp3) is 0.533. The topological polar surface area (TPSA) is 66.9 Å². The molecule has 1 fully saturated rings. The molecule has 2 aromatic heterocycles. The maximum atomic E-state index is 14.6. The van der Waals surface area contributed by atoms with Crippen molar-refractivity contribution < 1.29 is 9.13 Å². The lowest BCUT2D eigenvalue weighted by atomic mass is 10.0. The average Bonchev–Trinajstić information content (AvgIpc) is 2.86. The Bertz CT molecular complexity index is 652. The number of rotatable bonds is 3. The Morgan fingerprint density at radius 2 is 2.23 bits per heavy atom. The molecule has 1 atom stereocenters. The van der Waals surface area contributed by atoms with Crippen molar-refractivity contribution in [1.82, 2.24) is 20.2 Å². The van der Waals surface area contributed by atoms with Crippen LogP contribution in [0.4, 0.5) is 10.2 Å². The van der Waals surface area contributed by atoms with Gasteiger partial charge in [-0.15, -0.1) is 0 Å². The zero-order chi connectivity index (χ0) is 15.7. The van der Waals surface area contributed by atoms with Gasteiger partial charge in [-0.25, -0.2) is 14.4 Å². The van der Waals surface area contributed by atoms with E-state index in [1.807, 2.05) is 25.7 Å². The second-order valence-electron chi connectivity index (χ2n) is 5.44. The smallest absolute Gasteiger partial charge is 0.187 e. The van der Waals surface area contributed by atoms with Crippen LogP contribution in [0.1, 0.15) is 35.6 Å². The predicted molar refractivity (Wildman–Crippen MR) is 80.3 cm³/mol. The van der Waals surface area contributed by atoms with E-state index in [0.717, 1.165) is 17.0 Å². The van der Waals surface area contributed by atoms with Crippen molar-refractivity contribution in [2.24, 2.45) is 0 Å². The van der Waals surface area contributed by atoms with Crippen molar-refractivity contribution in [1.29, 1.82) is 0 Å². The molecule has 0 spiro atoms. The van der Waals surface area contributed by atoms with Crippen molar-refractivity contribution in [3.8, 4) is 0 Å². The zero-order valence-corrected chi connectivity index (χ0v) is 13.1. The maximum Gasteiger partial charge on any atom is 0.187 e. The van der Waals surface area contributed by atoms with Crippen LogP contribution in [0.15, 0.2) is 6.33 Å². The van der Waals surface area contributed by atoms with Crippen molar-refractivity contribution in [3.05, 3.63) is 34.8 Å². The summed E-state index contributed by atoms with van der Waals surface area (Å²) >= 11 is 0. The van der Waals surface area contributed by atoms with Crippen LogP contribution >= 0.6 is 0 Å². The van der Waals surface area contributed by atoms with Crippen LogP contribution < -0.4 is 4.90 Å². The van der Waals surface area contributed by atoms with Crippen LogP contribution in [0, 0.1) is 19.7 Å². The molecule has 0 radical (unpaired) electrons. The van der Waals surface area contributed by atoms with Gasteiger partial charge in [0.15, 0.2) is 11.6 Å². The number of aromatic nitrogens is 4. The van der Waals surface area contributed by atoms with Gasteiger partial charge in [0.1, 0.15) is 6.33 Å². The van der Waals surface area contributed by atoms with E-state index < -0.39 is 0 Å². The van der Waals surface area contributed by atoms with Gasteiger partial charge >= 0.3 is 0 Å². The molecule has 7 heteroatoms. The third kappa shape index (κ3) is 2.45. The second-order valence-corrected chi connectivity index (χ2v) is 5.44. The van der Waals surface area contributed by atoms with Crippen molar-refractivity contribution >= 4 is 5.82 Å². The van der Waals surface area contributed by atoms with E-state index in [4.69, 9.17) is 4.74 Å². The van der Waals surface area contributed by atoms with Gasteiger partial charge in [0.2, 0.25) is 0 Å². The molecule has 6 nitrogen and oxygen atoms in total. The van der Waals surface area contributed by atoms with Gasteiger partial charge in [-0.3, -0.25) is 5.10 Å². The summed E-state index contributed by atoms with van der Waals surface area (Å²) in [7, 11) is 0. The van der Waals surface area contributed by atoms with Crippen LogP contribution in [-0.4, -0.2) is 39.9 Å². The Morgan fingerprint density at radius 1 is 1.41 bits per heavy atom. The molecule has 1 aliphatic heterocycles. The fourth-order valence-corrected chi connectivity index (χ4v) is 2.99. The fourth-order valence-electron chi connectivity index (χ4n) is 2.99. The zero-order valence-electron chi connectivity index (χ0n) is 13.1. The molecule has 3 rings (SSSR count). The summed E-state index contributed by atoms with van der Waals surface area (Å²) in [6.45, 7) is 7.43. The minimum atomic E-state index is -0.337. The minimum absolute atomic E-state index is 0.0957. The van der Waals surface area contributed by atoms with E-state index in [0.29, 0.717) is 37.7 Å². The van der Waals surface area contributed by atoms with Crippen LogP contribution in [0.5, 0.6) is 0 Å². The Kier molecular flexibility index (Phi) is 4.06. The van der Waals surface area contributed by atoms with Gasteiger partial charge in [0.25, 0.3) is 0 Å². The lowest BCUT2D eigenvalue weighted by molar-refractivity contribution is 0.0929. The Balaban J connectivity index is 2.04. The minimum Gasteiger partial charge on any atom is -0.377 e. The van der Waals surface area contributed by atoms with Gasteiger partial charge in [0.05, 0.1) is 30.6 Å². The van der Waals surface area contributed by atoms with E-state index in [1.165, 1.54) is 6.33 Å². The first kappa shape index (κ1) is 14.9. The number of aromatic amines is 1. The molecule has 0 aliphatic carbocycles. The van der Waals surface area contributed by atoms with Gasteiger partial charge in [-0.1, -0.05) is 6.92 Å². The molecule has 0 aromatic carbocycles. The van der Waals surface area contributed by atoms with E-state index in [1.54, 1.807) is 0 Å². The summed E-state index contributed by atoms with van der Waals surface area (Å²) in [5, 5.41) is 7.23. The summed E-state index contributed by atoms with van der Waals surface area (Å²) in [4.78, 5) is 10.2. The highest BCUT2D eigenvalue weighted by Gasteiger charge is 2.31. The Morgan fingerprint density at radius 3 is 2.91 bits per heavy atom. The maximum absolute atomic E-state index is 14.6. The molecule has 1 unspecified atom stereocenters. The largest absolute Gasteiger partial charge is 0.377 e. The van der Waals surface area contributed by atoms with Crippen molar-refractivity contribution in [3.63, 3.8) is 0 Å². The molecule has 1 aliphatic rings. The first-order valence-corrected chi connectivity index (χ1v) is 7.48. The molecule has 1 saturated heterocycles. The quantitative estimate of drug-likeness (QED) is 0.940. The molecular formula is C15H20FN5O. The number of hydrogen-bond donors (Lipinski definition) is 1. The Hall–Kier alpha value is -2.02. The highest BCUT2D eigenvalue weighted by atomic mass is 19.1. The van der Waals surface area contributed by atoms with Crippen molar-refractivity contribution in [2.45, 2.75) is 33.2 Å². The summed E-state index contributed by atoms with van der Waals surface area (Å²) in [6.07, 6.45) is 1.97. The predicted octanol–water partition coefficient (Wildman–Crippen LogP) is 2.10. The number of H-pyrrole nitrogens is 1. The number of aryl methyl sites for hydroxylation is 3. The van der Waals surface area contributed by atoms with Crippen LogP contribution in [-0.2, 0) is 11.2 Å². The monoisotopic (exact) mass is 305 g/mol. The molecular weight excluding hydrogens is 285 g/mol. The second kappa shape index (κ2) is 6.00. The Labute approximate surface area is 128 Å². The first-order chi connectivity index (χ1) is 10.6.